The SMILES string of the molecule is COC(=O)C1CCC(C2OC3C(O)OC4COC(C5CCC(C)CC5)OC4C3O2)CC1. The van der Waals surface area contributed by atoms with E-state index < -0.39 is 18.7 Å². The van der Waals surface area contributed by atoms with Gasteiger partial charge < -0.3 is 33.5 Å². The highest BCUT2D eigenvalue weighted by molar-refractivity contribution is 5.72. The Morgan fingerprint density at radius 1 is 0.806 bits per heavy atom. The molecule has 3 heterocycles. The zero-order chi connectivity index (χ0) is 21.5. The minimum Gasteiger partial charge on any atom is -0.469 e. The summed E-state index contributed by atoms with van der Waals surface area (Å²) in [6, 6.07) is 0. The number of ether oxygens (including phenoxy) is 6. The summed E-state index contributed by atoms with van der Waals surface area (Å²) in [4.78, 5) is 11.8. The van der Waals surface area contributed by atoms with E-state index in [1.54, 1.807) is 0 Å². The number of fused-ring (bicyclic) bond motifs is 3. The Kier molecular flexibility index (Phi) is 6.57. The minimum atomic E-state index is -1.05. The number of carbonyl (C=O) groups is 1. The highest BCUT2D eigenvalue weighted by Crippen LogP contribution is 2.43. The van der Waals surface area contributed by atoms with Gasteiger partial charge in [0.25, 0.3) is 0 Å². The van der Waals surface area contributed by atoms with E-state index in [-0.39, 0.29) is 42.4 Å². The van der Waals surface area contributed by atoms with Crippen LogP contribution in [0.15, 0.2) is 0 Å². The Morgan fingerprint density at radius 3 is 2.13 bits per heavy atom. The first-order chi connectivity index (χ1) is 15.0. The fourth-order valence-electron chi connectivity index (χ4n) is 6.04. The molecule has 7 unspecified atom stereocenters. The van der Waals surface area contributed by atoms with Crippen molar-refractivity contribution >= 4 is 5.97 Å². The van der Waals surface area contributed by atoms with Crippen molar-refractivity contribution in [3.8, 4) is 0 Å². The van der Waals surface area contributed by atoms with Gasteiger partial charge in [0.05, 0.1) is 19.6 Å². The number of methoxy groups -OCH3 is 1. The molecule has 5 fully saturated rings. The van der Waals surface area contributed by atoms with E-state index in [0.717, 1.165) is 44.4 Å². The van der Waals surface area contributed by atoms with Crippen molar-refractivity contribution in [1.29, 1.82) is 0 Å². The standard InChI is InChI=1S/C23H36O8/c1-12-3-5-14(6-4-12)22-27-11-16-17(29-22)18-19(21(25)28-16)31-23(30-18)15-9-7-13(8-10-15)20(24)26-2/h12-19,21-23,25H,3-11H2,1-2H3. The highest BCUT2D eigenvalue weighted by Gasteiger charge is 2.57. The lowest BCUT2D eigenvalue weighted by molar-refractivity contribution is -0.347. The Labute approximate surface area is 183 Å². The zero-order valence-electron chi connectivity index (χ0n) is 18.5. The van der Waals surface area contributed by atoms with Gasteiger partial charge in [-0.25, -0.2) is 0 Å². The second kappa shape index (κ2) is 9.23. The second-order valence-electron chi connectivity index (χ2n) is 10.1. The van der Waals surface area contributed by atoms with Crippen LogP contribution in [0.3, 0.4) is 0 Å². The van der Waals surface area contributed by atoms with Gasteiger partial charge in [-0.2, -0.15) is 0 Å². The first-order valence-corrected chi connectivity index (χ1v) is 12.0. The van der Waals surface area contributed by atoms with Crippen molar-refractivity contribution in [2.75, 3.05) is 13.7 Å². The third-order valence-corrected chi connectivity index (χ3v) is 8.04. The van der Waals surface area contributed by atoms with Crippen LogP contribution in [0.5, 0.6) is 0 Å². The van der Waals surface area contributed by atoms with Gasteiger partial charge in [0.1, 0.15) is 24.4 Å². The van der Waals surface area contributed by atoms with Crippen molar-refractivity contribution in [1.82, 2.24) is 0 Å². The van der Waals surface area contributed by atoms with Gasteiger partial charge in [-0.15, -0.1) is 0 Å². The molecule has 0 aromatic carbocycles. The maximum Gasteiger partial charge on any atom is 0.308 e. The van der Waals surface area contributed by atoms with Crippen molar-refractivity contribution in [2.24, 2.45) is 23.7 Å². The maximum absolute atomic E-state index is 11.8. The van der Waals surface area contributed by atoms with E-state index in [1.807, 2.05) is 0 Å². The van der Waals surface area contributed by atoms with E-state index >= 15 is 0 Å². The number of carbonyl (C=O) groups excluding carboxylic acids is 1. The molecule has 7 atom stereocenters. The quantitative estimate of drug-likeness (QED) is 0.669. The van der Waals surface area contributed by atoms with Crippen LogP contribution in [-0.4, -0.2) is 68.1 Å². The van der Waals surface area contributed by atoms with Gasteiger partial charge in [-0.05, 0) is 44.4 Å². The van der Waals surface area contributed by atoms with E-state index in [2.05, 4.69) is 6.92 Å². The van der Waals surface area contributed by atoms with Crippen molar-refractivity contribution in [3.05, 3.63) is 0 Å². The molecule has 0 radical (unpaired) electrons. The molecule has 8 nitrogen and oxygen atoms in total. The van der Waals surface area contributed by atoms with Crippen LogP contribution in [0.4, 0.5) is 0 Å². The first-order valence-electron chi connectivity index (χ1n) is 12.0. The molecule has 1 N–H and O–H groups in total. The highest BCUT2D eigenvalue weighted by atomic mass is 16.8. The molecule has 0 aromatic heterocycles. The van der Waals surface area contributed by atoms with Gasteiger partial charge in [-0.3, -0.25) is 4.79 Å². The summed E-state index contributed by atoms with van der Waals surface area (Å²) in [6.45, 7) is 2.71. The Bertz CT molecular complexity index is 627. The molecule has 0 bridgehead atoms. The lowest BCUT2D eigenvalue weighted by Crippen LogP contribution is -2.62. The predicted molar refractivity (Wildman–Crippen MR) is 108 cm³/mol. The van der Waals surface area contributed by atoms with E-state index in [0.29, 0.717) is 12.5 Å². The molecule has 5 aliphatic rings. The fraction of sp³-hybridized carbons (Fsp3) is 0.957. The number of hydrogen-bond acceptors (Lipinski definition) is 8. The summed E-state index contributed by atoms with van der Waals surface area (Å²) >= 11 is 0. The van der Waals surface area contributed by atoms with Crippen LogP contribution < -0.4 is 0 Å². The molecule has 2 saturated carbocycles. The van der Waals surface area contributed by atoms with Gasteiger partial charge in [0.2, 0.25) is 0 Å². The van der Waals surface area contributed by atoms with E-state index in [4.69, 9.17) is 28.4 Å². The molecule has 0 aromatic rings. The molecule has 0 spiro atoms. The molecule has 8 heteroatoms. The fourth-order valence-corrected chi connectivity index (χ4v) is 6.04. The summed E-state index contributed by atoms with van der Waals surface area (Å²) in [7, 11) is 1.44. The van der Waals surface area contributed by atoms with Crippen LogP contribution in [0.1, 0.15) is 58.3 Å². The molecule has 2 aliphatic carbocycles. The third-order valence-electron chi connectivity index (χ3n) is 8.04. The van der Waals surface area contributed by atoms with E-state index in [9.17, 15) is 9.90 Å². The first kappa shape index (κ1) is 22.0. The molecule has 176 valence electrons. The van der Waals surface area contributed by atoms with Crippen LogP contribution >= 0.6 is 0 Å². The summed E-state index contributed by atoms with van der Waals surface area (Å²) in [5.74, 6) is 1.18. The monoisotopic (exact) mass is 440 g/mol. The molecular weight excluding hydrogens is 404 g/mol. The molecule has 3 aliphatic heterocycles. The Hall–Kier alpha value is -0.770. The number of aliphatic hydroxyl groups is 1. The molecule has 5 rings (SSSR count). The van der Waals surface area contributed by atoms with Crippen LogP contribution in [0.25, 0.3) is 0 Å². The largest absolute Gasteiger partial charge is 0.469 e. The topological polar surface area (TPSA) is 92.7 Å². The minimum absolute atomic E-state index is 0.0407. The predicted octanol–water partition coefficient (Wildman–Crippen LogP) is 2.36. The lowest BCUT2D eigenvalue weighted by Gasteiger charge is -2.46. The zero-order valence-corrected chi connectivity index (χ0v) is 18.5. The second-order valence-corrected chi connectivity index (χ2v) is 10.1. The molecule has 0 amide bonds. The maximum atomic E-state index is 11.8. The van der Waals surface area contributed by atoms with Gasteiger partial charge >= 0.3 is 5.97 Å². The van der Waals surface area contributed by atoms with E-state index in [1.165, 1.54) is 20.0 Å². The van der Waals surface area contributed by atoms with Gasteiger partial charge in [-0.1, -0.05) is 19.8 Å². The summed E-state index contributed by atoms with van der Waals surface area (Å²) in [5, 5.41) is 10.5. The van der Waals surface area contributed by atoms with Gasteiger partial charge in [0, 0.05) is 11.8 Å². The lowest BCUT2D eigenvalue weighted by atomic mass is 9.81. The molecular formula is C23H36O8. The normalized spacial score (nSPS) is 50.4. The third kappa shape index (κ3) is 4.39. The number of aliphatic hydroxyl groups excluding tert-OH is 1. The summed E-state index contributed by atoms with van der Waals surface area (Å²) < 4.78 is 35.6. The number of hydrogen-bond donors (Lipinski definition) is 1. The van der Waals surface area contributed by atoms with Crippen molar-refractivity contribution in [2.45, 2.75) is 102 Å². The smallest absolute Gasteiger partial charge is 0.308 e. The Balaban J connectivity index is 1.21. The Morgan fingerprint density at radius 2 is 1.42 bits per heavy atom. The molecule has 31 heavy (non-hydrogen) atoms. The van der Waals surface area contributed by atoms with Crippen molar-refractivity contribution < 1.29 is 38.3 Å². The van der Waals surface area contributed by atoms with Crippen LogP contribution in [0, 0.1) is 23.7 Å². The molecule has 3 saturated heterocycles. The number of rotatable bonds is 3. The van der Waals surface area contributed by atoms with Gasteiger partial charge in [0.15, 0.2) is 18.9 Å². The summed E-state index contributed by atoms with van der Waals surface area (Å²) in [6.07, 6.45) is 4.56. The summed E-state index contributed by atoms with van der Waals surface area (Å²) in [5.41, 5.74) is 0. The van der Waals surface area contributed by atoms with Crippen molar-refractivity contribution in [3.63, 3.8) is 0 Å². The number of esters is 1. The average Bonchev–Trinajstić information content (AvgIpc) is 3.26. The van der Waals surface area contributed by atoms with Crippen LogP contribution in [0.2, 0.25) is 0 Å². The van der Waals surface area contributed by atoms with Crippen LogP contribution in [-0.2, 0) is 33.2 Å². The average molecular weight is 441 g/mol.